The molecule has 0 bridgehead atoms. The molecule has 1 heterocycles. The number of rotatable bonds is 7. The number of aryl methyl sites for hydroxylation is 1. The number of imidazole rings is 1. The minimum Gasteiger partial charge on any atom is -0.385 e. The lowest BCUT2D eigenvalue weighted by atomic mass is 9.84. The molecular formula is C16H29N3O. The molecule has 4 heteroatoms. The van der Waals surface area contributed by atoms with Crippen LogP contribution in [0.2, 0.25) is 0 Å². The molecule has 0 saturated heterocycles. The van der Waals surface area contributed by atoms with Crippen LogP contribution in [0.5, 0.6) is 0 Å². The summed E-state index contributed by atoms with van der Waals surface area (Å²) in [4.78, 5) is 4.64. The first-order valence-corrected chi connectivity index (χ1v) is 8.00. The van der Waals surface area contributed by atoms with E-state index in [0.717, 1.165) is 37.1 Å². The molecule has 0 aliphatic heterocycles. The second-order valence-electron chi connectivity index (χ2n) is 6.02. The zero-order chi connectivity index (χ0) is 14.4. The number of methoxy groups -OCH3 is 1. The Balaban J connectivity index is 1.98. The molecule has 1 aromatic heterocycles. The number of ether oxygens (including phenoxy) is 1. The van der Waals surface area contributed by atoms with Gasteiger partial charge in [0.05, 0.1) is 5.69 Å². The average molecular weight is 279 g/mol. The van der Waals surface area contributed by atoms with Crippen LogP contribution in [0, 0.1) is 12.8 Å². The summed E-state index contributed by atoms with van der Waals surface area (Å²) in [7, 11) is 1.75. The van der Waals surface area contributed by atoms with Crippen molar-refractivity contribution in [2.24, 2.45) is 5.92 Å². The Morgan fingerprint density at radius 2 is 2.15 bits per heavy atom. The van der Waals surface area contributed by atoms with E-state index in [0.29, 0.717) is 6.04 Å². The first-order chi connectivity index (χ1) is 9.72. The van der Waals surface area contributed by atoms with Crippen LogP contribution in [0.15, 0.2) is 6.20 Å². The van der Waals surface area contributed by atoms with Gasteiger partial charge >= 0.3 is 0 Å². The topological polar surface area (TPSA) is 39.1 Å². The van der Waals surface area contributed by atoms with Crippen molar-refractivity contribution >= 4 is 5.95 Å². The Bertz CT molecular complexity index is 396. The van der Waals surface area contributed by atoms with Gasteiger partial charge in [-0.15, -0.1) is 0 Å². The smallest absolute Gasteiger partial charge is 0.203 e. The van der Waals surface area contributed by atoms with Gasteiger partial charge in [-0.05, 0) is 39.0 Å². The summed E-state index contributed by atoms with van der Waals surface area (Å²) in [6.45, 7) is 6.13. The van der Waals surface area contributed by atoms with Gasteiger partial charge in [-0.25, -0.2) is 4.98 Å². The standard InChI is InChI=1S/C16H29N3O/c1-13-12-19(14(2)15-8-5-4-6-9-15)16(18-13)17-10-7-11-20-3/h12,14-15H,4-11H2,1-3H3,(H,17,18). The van der Waals surface area contributed by atoms with Crippen molar-refractivity contribution in [3.63, 3.8) is 0 Å². The second kappa shape index (κ2) is 7.67. The highest BCUT2D eigenvalue weighted by molar-refractivity contribution is 5.29. The van der Waals surface area contributed by atoms with Crippen LogP contribution < -0.4 is 5.32 Å². The molecule has 114 valence electrons. The Labute approximate surface area is 122 Å². The lowest BCUT2D eigenvalue weighted by molar-refractivity contribution is 0.197. The third-order valence-corrected chi connectivity index (χ3v) is 4.43. The van der Waals surface area contributed by atoms with Gasteiger partial charge in [-0.2, -0.15) is 0 Å². The van der Waals surface area contributed by atoms with Crippen LogP contribution >= 0.6 is 0 Å². The van der Waals surface area contributed by atoms with Gasteiger partial charge in [-0.1, -0.05) is 19.3 Å². The van der Waals surface area contributed by atoms with Gasteiger partial charge in [0.1, 0.15) is 0 Å². The van der Waals surface area contributed by atoms with Crippen LogP contribution in [0.1, 0.15) is 57.2 Å². The van der Waals surface area contributed by atoms with E-state index in [1.807, 2.05) is 0 Å². The van der Waals surface area contributed by atoms with Crippen molar-refractivity contribution < 1.29 is 4.74 Å². The summed E-state index contributed by atoms with van der Waals surface area (Å²) in [6, 6.07) is 0.543. The van der Waals surface area contributed by atoms with Crippen molar-refractivity contribution in [2.45, 2.75) is 58.4 Å². The lowest BCUT2D eigenvalue weighted by Crippen LogP contribution is -2.21. The molecule has 2 rings (SSSR count). The fourth-order valence-corrected chi connectivity index (χ4v) is 3.22. The third kappa shape index (κ3) is 3.98. The minimum atomic E-state index is 0.543. The van der Waals surface area contributed by atoms with Crippen LogP contribution in [0.4, 0.5) is 5.95 Å². The normalized spacial score (nSPS) is 18.1. The van der Waals surface area contributed by atoms with Crippen LogP contribution in [-0.4, -0.2) is 29.8 Å². The van der Waals surface area contributed by atoms with Gasteiger partial charge in [0, 0.05) is 32.5 Å². The molecule has 20 heavy (non-hydrogen) atoms. The molecular weight excluding hydrogens is 250 g/mol. The number of hydrogen-bond acceptors (Lipinski definition) is 3. The van der Waals surface area contributed by atoms with E-state index in [2.05, 4.69) is 34.9 Å². The Hall–Kier alpha value is -1.03. The zero-order valence-corrected chi connectivity index (χ0v) is 13.2. The average Bonchev–Trinajstić information content (AvgIpc) is 2.85. The Kier molecular flexibility index (Phi) is 5.89. The number of aromatic nitrogens is 2. The van der Waals surface area contributed by atoms with Crippen LogP contribution in [-0.2, 0) is 4.74 Å². The predicted molar refractivity (Wildman–Crippen MR) is 83.2 cm³/mol. The van der Waals surface area contributed by atoms with Crippen LogP contribution in [0.25, 0.3) is 0 Å². The van der Waals surface area contributed by atoms with Crippen molar-refractivity contribution in [1.82, 2.24) is 9.55 Å². The van der Waals surface area contributed by atoms with Gasteiger partial charge in [0.15, 0.2) is 0 Å². The van der Waals surface area contributed by atoms with Crippen molar-refractivity contribution in [2.75, 3.05) is 25.6 Å². The summed E-state index contributed by atoms with van der Waals surface area (Å²) >= 11 is 0. The fourth-order valence-electron chi connectivity index (χ4n) is 3.22. The number of nitrogens with zero attached hydrogens (tertiary/aromatic N) is 2. The van der Waals surface area contributed by atoms with E-state index in [1.54, 1.807) is 7.11 Å². The van der Waals surface area contributed by atoms with E-state index < -0.39 is 0 Å². The molecule has 1 aliphatic rings. The maximum Gasteiger partial charge on any atom is 0.203 e. The summed E-state index contributed by atoms with van der Waals surface area (Å²) in [5.74, 6) is 1.83. The highest BCUT2D eigenvalue weighted by Gasteiger charge is 2.23. The number of hydrogen-bond donors (Lipinski definition) is 1. The van der Waals surface area contributed by atoms with E-state index in [1.165, 1.54) is 32.1 Å². The molecule has 1 atom stereocenters. The molecule has 4 nitrogen and oxygen atoms in total. The fraction of sp³-hybridized carbons (Fsp3) is 0.812. The first-order valence-electron chi connectivity index (χ1n) is 8.00. The maximum atomic E-state index is 5.09. The molecule has 0 aromatic carbocycles. The van der Waals surface area contributed by atoms with E-state index in [9.17, 15) is 0 Å². The van der Waals surface area contributed by atoms with Gasteiger partial charge in [0.2, 0.25) is 5.95 Å². The van der Waals surface area contributed by atoms with Gasteiger partial charge < -0.3 is 14.6 Å². The van der Waals surface area contributed by atoms with Gasteiger partial charge in [0.25, 0.3) is 0 Å². The molecule has 0 spiro atoms. The highest BCUT2D eigenvalue weighted by Crippen LogP contribution is 2.34. The van der Waals surface area contributed by atoms with E-state index in [4.69, 9.17) is 4.74 Å². The summed E-state index contributed by atoms with van der Waals surface area (Å²) in [6.07, 6.45) is 10.1. The van der Waals surface area contributed by atoms with Crippen molar-refractivity contribution in [3.8, 4) is 0 Å². The zero-order valence-electron chi connectivity index (χ0n) is 13.2. The van der Waals surface area contributed by atoms with Crippen molar-refractivity contribution in [3.05, 3.63) is 11.9 Å². The maximum absolute atomic E-state index is 5.09. The summed E-state index contributed by atoms with van der Waals surface area (Å²) in [5, 5.41) is 3.46. The Morgan fingerprint density at radius 3 is 2.85 bits per heavy atom. The lowest BCUT2D eigenvalue weighted by Gasteiger charge is -2.29. The molecule has 1 fully saturated rings. The SMILES string of the molecule is COCCCNc1nc(C)cn1C(C)C1CCCCC1. The van der Waals surface area contributed by atoms with E-state index in [-0.39, 0.29) is 0 Å². The Morgan fingerprint density at radius 1 is 1.40 bits per heavy atom. The third-order valence-electron chi connectivity index (χ3n) is 4.43. The highest BCUT2D eigenvalue weighted by atomic mass is 16.5. The molecule has 1 unspecified atom stereocenters. The molecule has 0 amide bonds. The first kappa shape index (κ1) is 15.4. The summed E-state index contributed by atoms with van der Waals surface area (Å²) < 4.78 is 7.44. The van der Waals surface area contributed by atoms with Crippen LogP contribution in [0.3, 0.4) is 0 Å². The molecule has 1 N–H and O–H groups in total. The van der Waals surface area contributed by atoms with Crippen molar-refractivity contribution in [1.29, 1.82) is 0 Å². The quantitative estimate of drug-likeness (QED) is 0.772. The molecule has 1 saturated carbocycles. The minimum absolute atomic E-state index is 0.543. The monoisotopic (exact) mass is 279 g/mol. The molecule has 1 aromatic rings. The largest absolute Gasteiger partial charge is 0.385 e. The molecule has 1 aliphatic carbocycles. The van der Waals surface area contributed by atoms with E-state index >= 15 is 0 Å². The van der Waals surface area contributed by atoms with Gasteiger partial charge in [-0.3, -0.25) is 0 Å². The predicted octanol–water partition coefficient (Wildman–Crippen LogP) is 3.78. The summed E-state index contributed by atoms with van der Waals surface area (Å²) in [5.41, 5.74) is 1.10. The second-order valence-corrected chi connectivity index (χ2v) is 6.02. The number of nitrogens with one attached hydrogen (secondary N) is 1. The number of anilines is 1. The molecule has 0 radical (unpaired) electrons.